The average molecular weight is 231 g/mol. The van der Waals surface area contributed by atoms with E-state index in [0.29, 0.717) is 6.04 Å². The van der Waals surface area contributed by atoms with E-state index in [1.807, 2.05) is 18.2 Å². The molecule has 1 unspecified atom stereocenters. The molecule has 17 heavy (non-hydrogen) atoms. The summed E-state index contributed by atoms with van der Waals surface area (Å²) in [6, 6.07) is 8.70. The third-order valence-electron chi connectivity index (χ3n) is 3.56. The van der Waals surface area contributed by atoms with Crippen molar-refractivity contribution < 1.29 is 0 Å². The first-order chi connectivity index (χ1) is 8.16. The van der Waals surface area contributed by atoms with Crippen LogP contribution in [0.25, 0.3) is 0 Å². The Balaban J connectivity index is 2.07. The van der Waals surface area contributed by atoms with Gasteiger partial charge in [0.05, 0.1) is 0 Å². The van der Waals surface area contributed by atoms with Crippen molar-refractivity contribution in [3.63, 3.8) is 0 Å². The maximum Gasteiger partial charge on any atom is 0.122 e. The van der Waals surface area contributed by atoms with Crippen molar-refractivity contribution in [1.82, 2.24) is 4.90 Å². The Bertz CT molecular complexity index is 400. The van der Waals surface area contributed by atoms with Gasteiger partial charge in [-0.15, -0.1) is 0 Å². The Labute approximate surface area is 103 Å². The number of rotatable bonds is 3. The van der Waals surface area contributed by atoms with Crippen molar-refractivity contribution in [3.8, 4) is 0 Å². The van der Waals surface area contributed by atoms with Crippen LogP contribution in [0.5, 0.6) is 0 Å². The Morgan fingerprint density at radius 1 is 1.47 bits per heavy atom. The van der Waals surface area contributed by atoms with Gasteiger partial charge in [0.25, 0.3) is 0 Å². The van der Waals surface area contributed by atoms with E-state index in [4.69, 9.17) is 11.1 Å². The topological polar surface area (TPSA) is 53.1 Å². The summed E-state index contributed by atoms with van der Waals surface area (Å²) in [4.78, 5) is 2.52. The molecule has 0 radical (unpaired) electrons. The molecule has 3 N–H and O–H groups in total. The third-order valence-corrected chi connectivity index (χ3v) is 3.56. The minimum absolute atomic E-state index is 0.151. The van der Waals surface area contributed by atoms with Crippen LogP contribution in [0.4, 0.5) is 0 Å². The van der Waals surface area contributed by atoms with Gasteiger partial charge in [0.2, 0.25) is 0 Å². The van der Waals surface area contributed by atoms with E-state index in [2.05, 4.69) is 17.9 Å². The lowest BCUT2D eigenvalue weighted by Crippen LogP contribution is -2.36. The van der Waals surface area contributed by atoms with Crippen LogP contribution in [0, 0.1) is 5.41 Å². The maximum atomic E-state index is 7.46. The maximum absolute atomic E-state index is 7.46. The highest BCUT2D eigenvalue weighted by atomic mass is 15.2. The molecule has 0 bridgehead atoms. The molecular weight excluding hydrogens is 210 g/mol. The molecule has 3 nitrogen and oxygen atoms in total. The van der Waals surface area contributed by atoms with Crippen molar-refractivity contribution >= 4 is 5.84 Å². The van der Waals surface area contributed by atoms with Gasteiger partial charge in [0.1, 0.15) is 5.84 Å². The van der Waals surface area contributed by atoms with Crippen LogP contribution < -0.4 is 5.73 Å². The molecule has 3 heteroatoms. The third kappa shape index (κ3) is 3.07. The zero-order valence-electron chi connectivity index (χ0n) is 10.4. The Hall–Kier alpha value is -1.35. The number of nitrogens with two attached hydrogens (primary N) is 1. The van der Waals surface area contributed by atoms with Gasteiger partial charge in [-0.05, 0) is 37.9 Å². The second kappa shape index (κ2) is 5.32. The first-order valence-corrected chi connectivity index (χ1v) is 6.34. The lowest BCUT2D eigenvalue weighted by molar-refractivity contribution is 0.152. The van der Waals surface area contributed by atoms with E-state index in [9.17, 15) is 0 Å². The number of benzene rings is 1. The highest BCUT2D eigenvalue weighted by molar-refractivity contribution is 5.95. The lowest BCUT2D eigenvalue weighted by Gasteiger charge is -2.33. The quantitative estimate of drug-likeness (QED) is 0.619. The van der Waals surface area contributed by atoms with Crippen LogP contribution in [-0.4, -0.2) is 23.3 Å². The molecule has 2 rings (SSSR count). The summed E-state index contributed by atoms with van der Waals surface area (Å²) < 4.78 is 0. The second-order valence-corrected chi connectivity index (χ2v) is 4.93. The number of hydrogen-bond donors (Lipinski definition) is 2. The van der Waals surface area contributed by atoms with Crippen LogP contribution in [0.2, 0.25) is 0 Å². The molecule has 0 aromatic heterocycles. The molecule has 0 aliphatic carbocycles. The van der Waals surface area contributed by atoms with Crippen LogP contribution >= 0.6 is 0 Å². The smallest absolute Gasteiger partial charge is 0.122 e. The summed E-state index contributed by atoms with van der Waals surface area (Å²) >= 11 is 0. The number of hydrogen-bond acceptors (Lipinski definition) is 2. The molecule has 0 spiro atoms. The summed E-state index contributed by atoms with van der Waals surface area (Å²) in [6.07, 6.45) is 3.95. The molecule has 0 amide bonds. The minimum atomic E-state index is 0.151. The van der Waals surface area contributed by atoms with Crippen LogP contribution in [0.3, 0.4) is 0 Å². The zero-order valence-corrected chi connectivity index (χ0v) is 10.4. The highest BCUT2D eigenvalue weighted by Crippen LogP contribution is 2.19. The molecule has 1 atom stereocenters. The number of nitrogen functional groups attached to an aromatic ring is 1. The average Bonchev–Trinajstić information content (AvgIpc) is 2.32. The number of likely N-dealkylation sites (tertiary alicyclic amines) is 1. The van der Waals surface area contributed by atoms with Gasteiger partial charge in [0.15, 0.2) is 0 Å². The Morgan fingerprint density at radius 2 is 2.29 bits per heavy atom. The van der Waals surface area contributed by atoms with Gasteiger partial charge in [-0.1, -0.05) is 24.6 Å². The SMILES string of the molecule is CC1CCCCN1Cc1cccc(C(=N)N)c1. The van der Waals surface area contributed by atoms with Crippen LogP contribution in [0.1, 0.15) is 37.3 Å². The molecule has 1 aliphatic rings. The first kappa shape index (κ1) is 12.1. The zero-order chi connectivity index (χ0) is 12.3. The fourth-order valence-corrected chi connectivity index (χ4v) is 2.46. The second-order valence-electron chi connectivity index (χ2n) is 4.93. The van der Waals surface area contributed by atoms with E-state index in [0.717, 1.165) is 12.1 Å². The van der Waals surface area contributed by atoms with E-state index in [1.54, 1.807) is 0 Å². The molecule has 1 aromatic rings. The first-order valence-electron chi connectivity index (χ1n) is 6.34. The molecule has 1 fully saturated rings. The van der Waals surface area contributed by atoms with Gasteiger partial charge >= 0.3 is 0 Å². The van der Waals surface area contributed by atoms with Gasteiger partial charge in [-0.2, -0.15) is 0 Å². The summed E-state index contributed by atoms with van der Waals surface area (Å²) in [6.45, 7) is 4.46. The van der Waals surface area contributed by atoms with Gasteiger partial charge < -0.3 is 5.73 Å². The molecule has 0 saturated carbocycles. The van der Waals surface area contributed by atoms with E-state index >= 15 is 0 Å². The minimum Gasteiger partial charge on any atom is -0.384 e. The molecule has 1 aliphatic heterocycles. The number of piperidine rings is 1. The van der Waals surface area contributed by atoms with E-state index < -0.39 is 0 Å². The summed E-state index contributed by atoms with van der Waals surface area (Å²) in [5.41, 5.74) is 7.59. The largest absolute Gasteiger partial charge is 0.384 e. The number of nitrogens with one attached hydrogen (secondary N) is 1. The van der Waals surface area contributed by atoms with Gasteiger partial charge in [0, 0.05) is 18.2 Å². The fraction of sp³-hybridized carbons (Fsp3) is 0.500. The van der Waals surface area contributed by atoms with Gasteiger partial charge in [-0.3, -0.25) is 10.3 Å². The van der Waals surface area contributed by atoms with E-state index in [-0.39, 0.29) is 5.84 Å². The van der Waals surface area contributed by atoms with E-state index in [1.165, 1.54) is 31.4 Å². The number of amidine groups is 1. The highest BCUT2D eigenvalue weighted by Gasteiger charge is 2.18. The van der Waals surface area contributed by atoms with Crippen LogP contribution in [0.15, 0.2) is 24.3 Å². The molecule has 1 heterocycles. The fourth-order valence-electron chi connectivity index (χ4n) is 2.46. The van der Waals surface area contributed by atoms with Crippen molar-refractivity contribution in [1.29, 1.82) is 5.41 Å². The lowest BCUT2D eigenvalue weighted by atomic mass is 10.0. The standard InChI is InChI=1S/C14H21N3/c1-11-5-2-3-8-17(11)10-12-6-4-7-13(9-12)14(15)16/h4,6-7,9,11H,2-3,5,8,10H2,1H3,(H3,15,16). The van der Waals surface area contributed by atoms with Gasteiger partial charge in [-0.25, -0.2) is 0 Å². The predicted molar refractivity (Wildman–Crippen MR) is 71.2 cm³/mol. The Morgan fingerprint density at radius 3 is 3.00 bits per heavy atom. The predicted octanol–water partition coefficient (Wildman–Crippen LogP) is 2.35. The molecule has 1 aromatic carbocycles. The number of nitrogens with zero attached hydrogens (tertiary/aromatic N) is 1. The van der Waals surface area contributed by atoms with Crippen LogP contribution in [-0.2, 0) is 6.54 Å². The molecule has 92 valence electrons. The summed E-state index contributed by atoms with van der Waals surface area (Å²) in [5, 5.41) is 7.46. The monoisotopic (exact) mass is 231 g/mol. The summed E-state index contributed by atoms with van der Waals surface area (Å²) in [7, 11) is 0. The Kier molecular flexibility index (Phi) is 3.79. The van der Waals surface area contributed by atoms with Crippen molar-refractivity contribution in [2.75, 3.05) is 6.54 Å². The molecular formula is C14H21N3. The van der Waals surface area contributed by atoms with Crippen molar-refractivity contribution in [2.45, 2.75) is 38.8 Å². The van der Waals surface area contributed by atoms with Crippen molar-refractivity contribution in [2.24, 2.45) is 5.73 Å². The summed E-state index contributed by atoms with van der Waals surface area (Å²) in [5.74, 6) is 0.151. The normalized spacial score (nSPS) is 21.4. The van der Waals surface area contributed by atoms with Crippen molar-refractivity contribution in [3.05, 3.63) is 35.4 Å². The molecule has 1 saturated heterocycles.